The number of rotatable bonds is 8. The zero-order valence-electron chi connectivity index (χ0n) is 13.0. The normalized spacial score (nSPS) is 15.5. The second-order valence-corrected chi connectivity index (χ2v) is 7.03. The van der Waals surface area contributed by atoms with Crippen LogP contribution in [0.25, 0.3) is 0 Å². The van der Waals surface area contributed by atoms with E-state index in [9.17, 15) is 24.1 Å². The van der Waals surface area contributed by atoms with E-state index in [1.165, 1.54) is 29.5 Å². The lowest BCUT2D eigenvalue weighted by Crippen LogP contribution is -2.42. The highest BCUT2D eigenvalue weighted by Gasteiger charge is 2.41. The molecule has 0 saturated heterocycles. The molecule has 2 atom stereocenters. The molecule has 0 amide bonds. The van der Waals surface area contributed by atoms with E-state index < -0.39 is 27.7 Å². The van der Waals surface area contributed by atoms with E-state index >= 15 is 0 Å². The molecule has 6 nitrogen and oxygen atoms in total. The molecule has 0 fully saturated rings. The maximum atomic E-state index is 14.3. The van der Waals surface area contributed by atoms with Gasteiger partial charge in [0.1, 0.15) is 18.3 Å². The Bertz CT molecular complexity index is 655. The van der Waals surface area contributed by atoms with Gasteiger partial charge in [0.25, 0.3) is 0 Å². The summed E-state index contributed by atoms with van der Waals surface area (Å²) in [5.41, 5.74) is -2.04. The van der Waals surface area contributed by atoms with Gasteiger partial charge in [0.15, 0.2) is 11.6 Å². The zero-order valence-corrected chi connectivity index (χ0v) is 13.8. The van der Waals surface area contributed by atoms with Gasteiger partial charge in [-0.3, -0.25) is 0 Å². The maximum Gasteiger partial charge on any atom is 0.165 e. The molecule has 1 heterocycles. The fraction of sp³-hybridized carbons (Fsp3) is 0.467. The van der Waals surface area contributed by atoms with Crippen molar-refractivity contribution in [1.29, 1.82) is 0 Å². The molecule has 0 radical (unpaired) electrons. The van der Waals surface area contributed by atoms with E-state index in [4.69, 9.17) is 0 Å². The highest BCUT2D eigenvalue weighted by atomic mass is 32.2. The number of aromatic nitrogens is 3. The first-order valence-electron chi connectivity index (χ1n) is 7.28. The van der Waals surface area contributed by atoms with Gasteiger partial charge in [-0.2, -0.15) is 5.10 Å². The van der Waals surface area contributed by atoms with E-state index in [0.717, 1.165) is 17.8 Å². The lowest BCUT2D eigenvalue weighted by Gasteiger charge is -2.35. The van der Waals surface area contributed by atoms with Crippen molar-refractivity contribution in [1.82, 2.24) is 14.8 Å². The Morgan fingerprint density at radius 2 is 2.00 bits per heavy atom. The summed E-state index contributed by atoms with van der Waals surface area (Å²) in [7, 11) is 0. The van der Waals surface area contributed by atoms with Crippen molar-refractivity contribution in [2.75, 3.05) is 13.2 Å². The number of halogens is 2. The first-order chi connectivity index (χ1) is 11.4. The average molecular weight is 359 g/mol. The molecule has 24 heavy (non-hydrogen) atoms. The second-order valence-electron chi connectivity index (χ2n) is 5.38. The van der Waals surface area contributed by atoms with Gasteiger partial charge < -0.3 is 15.3 Å². The molecule has 0 aliphatic heterocycles. The largest absolute Gasteiger partial charge is 0.395 e. The second kappa shape index (κ2) is 8.02. The molecule has 132 valence electrons. The van der Waals surface area contributed by atoms with Gasteiger partial charge in [0.2, 0.25) is 0 Å². The van der Waals surface area contributed by atoms with Crippen LogP contribution in [0.4, 0.5) is 8.78 Å². The number of nitrogens with zero attached hydrogens (tertiary/aromatic N) is 3. The smallest absolute Gasteiger partial charge is 0.165 e. The molecule has 2 rings (SSSR count). The zero-order chi connectivity index (χ0) is 17.7. The highest BCUT2D eigenvalue weighted by molar-refractivity contribution is 8.00. The van der Waals surface area contributed by atoms with Crippen molar-refractivity contribution in [2.45, 2.75) is 29.6 Å². The number of thioether (sulfide) groups is 1. The van der Waals surface area contributed by atoms with Crippen LogP contribution in [0.1, 0.15) is 12.5 Å². The summed E-state index contributed by atoms with van der Waals surface area (Å²) >= 11 is 1.08. The fourth-order valence-corrected chi connectivity index (χ4v) is 3.55. The number of benzene rings is 1. The van der Waals surface area contributed by atoms with E-state index in [1.54, 1.807) is 6.92 Å². The van der Waals surface area contributed by atoms with Crippen LogP contribution < -0.4 is 0 Å². The predicted molar refractivity (Wildman–Crippen MR) is 85.3 cm³/mol. The van der Waals surface area contributed by atoms with Gasteiger partial charge >= 0.3 is 0 Å². The number of hydrogen-bond acceptors (Lipinski definition) is 6. The minimum atomic E-state index is -1.83. The average Bonchev–Trinajstić information content (AvgIpc) is 3.07. The summed E-state index contributed by atoms with van der Waals surface area (Å²) in [6.45, 7) is 0.836. The summed E-state index contributed by atoms with van der Waals surface area (Å²) < 4.78 is 29.3. The van der Waals surface area contributed by atoms with Crippen LogP contribution in [-0.4, -0.2) is 53.8 Å². The minimum Gasteiger partial charge on any atom is -0.395 e. The van der Waals surface area contributed by atoms with Crippen molar-refractivity contribution in [2.24, 2.45) is 0 Å². The topological polar surface area (TPSA) is 91.4 Å². The van der Waals surface area contributed by atoms with E-state index in [2.05, 4.69) is 10.1 Å². The summed E-state index contributed by atoms with van der Waals surface area (Å²) in [6.07, 6.45) is 2.62. The third kappa shape index (κ3) is 3.92. The molecule has 0 aliphatic carbocycles. The van der Waals surface area contributed by atoms with Gasteiger partial charge in [-0.25, -0.2) is 18.4 Å². The van der Waals surface area contributed by atoms with Crippen LogP contribution in [0.2, 0.25) is 0 Å². The van der Waals surface area contributed by atoms with Crippen LogP contribution in [0.15, 0.2) is 30.9 Å². The Morgan fingerprint density at radius 3 is 2.58 bits per heavy atom. The summed E-state index contributed by atoms with van der Waals surface area (Å²) in [6, 6.07) is 3.59. The van der Waals surface area contributed by atoms with Crippen LogP contribution >= 0.6 is 11.8 Å². The maximum absolute atomic E-state index is 14.3. The molecule has 0 spiro atoms. The quantitative estimate of drug-likeness (QED) is 0.649. The molecule has 1 aromatic heterocycles. The van der Waals surface area contributed by atoms with Crippen LogP contribution in [0.3, 0.4) is 0 Å². The fourth-order valence-electron chi connectivity index (χ4n) is 2.38. The summed E-state index contributed by atoms with van der Waals surface area (Å²) in [4.78, 5) is 3.78. The Labute approximate surface area is 142 Å². The van der Waals surface area contributed by atoms with Gasteiger partial charge in [-0.15, -0.1) is 11.8 Å². The molecule has 0 aliphatic rings. The lowest BCUT2D eigenvalue weighted by molar-refractivity contribution is 0.0125. The third-order valence-electron chi connectivity index (χ3n) is 3.76. The first-order valence-corrected chi connectivity index (χ1v) is 8.23. The van der Waals surface area contributed by atoms with E-state index in [0.29, 0.717) is 0 Å². The molecule has 2 aromatic rings. The standard InChI is InChI=1S/C15H19F2N3O3S/c1-10(24-11(5-21)6-22)15(23,7-20-9-18-8-19-20)12-3-2-4-13(16)14(12)17/h2-4,8-11,21-23H,5-7H2,1H3/t10-,15-/m1/s1. The Morgan fingerprint density at radius 1 is 1.29 bits per heavy atom. The minimum absolute atomic E-state index is 0.162. The van der Waals surface area contributed by atoms with Crippen molar-refractivity contribution >= 4 is 11.8 Å². The molecule has 0 saturated carbocycles. The van der Waals surface area contributed by atoms with Crippen LogP contribution in [0, 0.1) is 11.6 Å². The molecule has 3 N–H and O–H groups in total. The monoisotopic (exact) mass is 359 g/mol. The van der Waals surface area contributed by atoms with Gasteiger partial charge in [-0.1, -0.05) is 19.1 Å². The summed E-state index contributed by atoms with van der Waals surface area (Å²) in [5, 5.41) is 32.3. The van der Waals surface area contributed by atoms with Crippen molar-refractivity contribution in [3.05, 3.63) is 48.1 Å². The van der Waals surface area contributed by atoms with Crippen molar-refractivity contribution in [3.63, 3.8) is 0 Å². The summed E-state index contributed by atoms with van der Waals surface area (Å²) in [5.74, 6) is -2.21. The number of aliphatic hydroxyl groups excluding tert-OH is 2. The van der Waals surface area contributed by atoms with E-state index in [-0.39, 0.29) is 25.3 Å². The lowest BCUT2D eigenvalue weighted by atomic mass is 9.90. The molecule has 9 heteroatoms. The first kappa shape index (κ1) is 18.8. The highest BCUT2D eigenvalue weighted by Crippen LogP contribution is 2.37. The van der Waals surface area contributed by atoms with Gasteiger partial charge in [-0.05, 0) is 6.07 Å². The Kier molecular flexibility index (Phi) is 6.27. The van der Waals surface area contributed by atoms with Crippen molar-refractivity contribution in [3.8, 4) is 0 Å². The molecular formula is C15H19F2N3O3S. The molecule has 1 aromatic carbocycles. The van der Waals surface area contributed by atoms with Crippen molar-refractivity contribution < 1.29 is 24.1 Å². The van der Waals surface area contributed by atoms with Gasteiger partial charge in [0, 0.05) is 10.8 Å². The Balaban J connectivity index is 2.42. The number of hydrogen-bond donors (Lipinski definition) is 3. The predicted octanol–water partition coefficient (Wildman–Crippen LogP) is 0.919. The Hall–Kier alpha value is -1.55. The SMILES string of the molecule is C[C@@H](SC(CO)CO)[C@](O)(Cn1cncn1)c1cccc(F)c1F. The van der Waals surface area contributed by atoms with E-state index in [1.807, 2.05) is 0 Å². The number of aliphatic hydroxyl groups is 3. The molecule has 0 unspecified atom stereocenters. The van der Waals surface area contributed by atoms with Gasteiger partial charge in [0.05, 0.1) is 25.0 Å². The molecule has 0 bridgehead atoms. The van der Waals surface area contributed by atoms with Crippen LogP contribution in [-0.2, 0) is 12.1 Å². The third-order valence-corrected chi connectivity index (χ3v) is 5.25. The molecular weight excluding hydrogens is 340 g/mol. The van der Waals surface area contributed by atoms with Crippen LogP contribution in [0.5, 0.6) is 0 Å².